The van der Waals surface area contributed by atoms with Crippen molar-refractivity contribution in [1.29, 1.82) is 0 Å². The van der Waals surface area contributed by atoms with E-state index < -0.39 is 17.9 Å². The Hall–Kier alpha value is -3.60. The number of H-pyrrole nitrogens is 1. The number of carbonyl (C=O) groups is 2. The lowest BCUT2D eigenvalue weighted by Gasteiger charge is -2.14. The summed E-state index contributed by atoms with van der Waals surface area (Å²) in [6, 6.07) is 10.1. The zero-order valence-corrected chi connectivity index (χ0v) is 16.5. The molecule has 0 bridgehead atoms. The number of carboxylic acids is 1. The SMILES string of the molecule is O=C(CSc1nnnn1Cc1ccco1)N[C@@H](Cc1c[nH]c2ccccc12)C(=O)O. The van der Waals surface area contributed by atoms with E-state index in [4.69, 9.17) is 4.42 Å². The van der Waals surface area contributed by atoms with Gasteiger partial charge in [0.25, 0.3) is 0 Å². The molecule has 3 N–H and O–H groups in total. The summed E-state index contributed by atoms with van der Waals surface area (Å²) in [7, 11) is 0. The van der Waals surface area contributed by atoms with Crippen LogP contribution in [0, 0.1) is 0 Å². The number of amides is 1. The summed E-state index contributed by atoms with van der Waals surface area (Å²) in [5, 5.41) is 24.9. The van der Waals surface area contributed by atoms with E-state index in [1.165, 1.54) is 4.68 Å². The van der Waals surface area contributed by atoms with E-state index in [1.54, 1.807) is 24.6 Å². The number of rotatable bonds is 9. The number of hydrogen-bond donors (Lipinski definition) is 3. The van der Waals surface area contributed by atoms with Crippen molar-refractivity contribution >= 4 is 34.5 Å². The molecule has 3 heterocycles. The van der Waals surface area contributed by atoms with Crippen LogP contribution in [-0.2, 0) is 22.6 Å². The van der Waals surface area contributed by atoms with Gasteiger partial charge in [-0.15, -0.1) is 5.10 Å². The number of aromatic amines is 1. The number of thioether (sulfide) groups is 1. The van der Waals surface area contributed by atoms with Crippen molar-refractivity contribution in [2.24, 2.45) is 0 Å². The van der Waals surface area contributed by atoms with Crippen molar-refractivity contribution in [3.05, 3.63) is 60.2 Å². The summed E-state index contributed by atoms with van der Waals surface area (Å²) in [4.78, 5) is 27.2. The number of fused-ring (bicyclic) bond motifs is 1. The molecule has 4 aromatic rings. The van der Waals surface area contributed by atoms with Crippen LogP contribution >= 0.6 is 11.8 Å². The van der Waals surface area contributed by atoms with Crippen molar-refractivity contribution in [1.82, 2.24) is 30.5 Å². The normalized spacial score (nSPS) is 12.1. The summed E-state index contributed by atoms with van der Waals surface area (Å²) in [6.07, 6.45) is 3.50. The molecule has 0 fully saturated rings. The standard InChI is InChI=1S/C19H18N6O4S/c26-17(11-30-19-22-23-24-25(19)10-13-4-3-7-29-13)21-16(18(27)28)8-12-9-20-15-6-2-1-5-14(12)15/h1-7,9,16,20H,8,10-11H2,(H,21,26)(H,27,28)/t16-/m0/s1. The van der Waals surface area contributed by atoms with Crippen molar-refractivity contribution < 1.29 is 19.1 Å². The van der Waals surface area contributed by atoms with E-state index in [2.05, 4.69) is 25.8 Å². The fraction of sp³-hybridized carbons (Fsp3) is 0.211. The first kappa shape index (κ1) is 19.7. The molecule has 10 nitrogen and oxygen atoms in total. The fourth-order valence-electron chi connectivity index (χ4n) is 3.04. The number of nitrogens with one attached hydrogen (secondary N) is 2. The average Bonchev–Trinajstić information content (AvgIpc) is 3.48. The number of tetrazole rings is 1. The molecule has 0 saturated carbocycles. The van der Waals surface area contributed by atoms with Crippen LogP contribution in [0.25, 0.3) is 10.9 Å². The number of aliphatic carboxylic acids is 1. The van der Waals surface area contributed by atoms with Gasteiger partial charge in [0, 0.05) is 23.5 Å². The lowest BCUT2D eigenvalue weighted by molar-refractivity contribution is -0.141. The Morgan fingerprint density at radius 2 is 2.13 bits per heavy atom. The van der Waals surface area contributed by atoms with E-state index in [1.807, 2.05) is 24.3 Å². The first-order chi connectivity index (χ1) is 14.6. The average molecular weight is 426 g/mol. The summed E-state index contributed by atoms with van der Waals surface area (Å²) in [5.41, 5.74) is 1.75. The Morgan fingerprint density at radius 3 is 2.93 bits per heavy atom. The molecule has 1 amide bonds. The third-order valence-electron chi connectivity index (χ3n) is 4.45. The maximum Gasteiger partial charge on any atom is 0.326 e. The van der Waals surface area contributed by atoms with Crippen molar-refractivity contribution in [3.8, 4) is 0 Å². The quantitative estimate of drug-likeness (QED) is 0.344. The zero-order valence-electron chi connectivity index (χ0n) is 15.7. The monoisotopic (exact) mass is 426 g/mol. The number of carbonyl (C=O) groups excluding carboxylic acids is 1. The highest BCUT2D eigenvalue weighted by atomic mass is 32.2. The van der Waals surface area contributed by atoms with Gasteiger partial charge in [0.15, 0.2) is 0 Å². The molecule has 11 heteroatoms. The first-order valence-electron chi connectivity index (χ1n) is 9.08. The predicted molar refractivity (Wildman–Crippen MR) is 108 cm³/mol. The molecular formula is C19H18N6O4S. The van der Waals surface area contributed by atoms with Crippen LogP contribution in [0.4, 0.5) is 0 Å². The zero-order chi connectivity index (χ0) is 20.9. The molecule has 0 aliphatic rings. The molecule has 0 unspecified atom stereocenters. The number of furan rings is 1. The number of nitrogens with zero attached hydrogens (tertiary/aromatic N) is 4. The second kappa shape index (κ2) is 8.82. The molecule has 1 aromatic carbocycles. The molecule has 154 valence electrons. The van der Waals surface area contributed by atoms with Gasteiger partial charge < -0.3 is 19.8 Å². The lowest BCUT2D eigenvalue weighted by atomic mass is 10.1. The van der Waals surface area contributed by atoms with Crippen LogP contribution in [0.1, 0.15) is 11.3 Å². The molecule has 1 atom stereocenters. The van der Waals surface area contributed by atoms with E-state index in [0.717, 1.165) is 28.2 Å². The summed E-state index contributed by atoms with van der Waals surface area (Å²) < 4.78 is 6.79. The van der Waals surface area contributed by atoms with Gasteiger partial charge in [0.1, 0.15) is 18.3 Å². The minimum absolute atomic E-state index is 0.0177. The highest BCUT2D eigenvalue weighted by Crippen LogP contribution is 2.19. The Kier molecular flexibility index (Phi) is 5.80. The minimum Gasteiger partial charge on any atom is -0.480 e. The number of carboxylic acid groups (broad SMARTS) is 1. The molecule has 0 aliphatic heterocycles. The fourth-order valence-corrected chi connectivity index (χ4v) is 3.72. The Bertz CT molecular complexity index is 1150. The Morgan fingerprint density at radius 1 is 1.27 bits per heavy atom. The maximum absolute atomic E-state index is 12.4. The predicted octanol–water partition coefficient (Wildman–Crippen LogP) is 1.70. The van der Waals surface area contributed by atoms with Crippen molar-refractivity contribution in [3.63, 3.8) is 0 Å². The van der Waals surface area contributed by atoms with Gasteiger partial charge in [-0.1, -0.05) is 30.0 Å². The number of para-hydroxylation sites is 1. The minimum atomic E-state index is -1.10. The summed E-state index contributed by atoms with van der Waals surface area (Å²) in [5.74, 6) is -0.852. The molecule has 0 radical (unpaired) electrons. The highest BCUT2D eigenvalue weighted by molar-refractivity contribution is 7.99. The lowest BCUT2D eigenvalue weighted by Crippen LogP contribution is -2.43. The van der Waals surface area contributed by atoms with Gasteiger partial charge in [0.2, 0.25) is 11.1 Å². The van der Waals surface area contributed by atoms with Crippen molar-refractivity contribution in [2.45, 2.75) is 24.2 Å². The van der Waals surface area contributed by atoms with E-state index in [0.29, 0.717) is 17.5 Å². The van der Waals surface area contributed by atoms with Crippen LogP contribution in [-0.4, -0.2) is 54.0 Å². The van der Waals surface area contributed by atoms with Gasteiger partial charge in [0.05, 0.1) is 12.0 Å². The van der Waals surface area contributed by atoms with Gasteiger partial charge in [-0.2, -0.15) is 0 Å². The first-order valence-corrected chi connectivity index (χ1v) is 10.1. The van der Waals surface area contributed by atoms with Gasteiger partial charge in [-0.25, -0.2) is 9.48 Å². The Labute approximate surface area is 174 Å². The van der Waals surface area contributed by atoms with Gasteiger partial charge in [-0.05, 0) is 34.2 Å². The highest BCUT2D eigenvalue weighted by Gasteiger charge is 2.22. The van der Waals surface area contributed by atoms with Crippen LogP contribution in [0.5, 0.6) is 0 Å². The topological polar surface area (TPSA) is 139 Å². The maximum atomic E-state index is 12.4. The third kappa shape index (κ3) is 4.51. The number of aromatic nitrogens is 5. The number of benzene rings is 1. The summed E-state index contributed by atoms with van der Waals surface area (Å²) >= 11 is 1.12. The van der Waals surface area contributed by atoms with Crippen LogP contribution in [0.3, 0.4) is 0 Å². The second-order valence-corrected chi connectivity index (χ2v) is 7.45. The van der Waals surface area contributed by atoms with Crippen molar-refractivity contribution in [2.75, 3.05) is 5.75 Å². The third-order valence-corrected chi connectivity index (χ3v) is 5.41. The Balaban J connectivity index is 1.36. The van der Waals surface area contributed by atoms with Gasteiger partial charge in [-0.3, -0.25) is 4.79 Å². The molecule has 0 aliphatic carbocycles. The molecule has 3 aromatic heterocycles. The van der Waals surface area contributed by atoms with E-state index in [9.17, 15) is 14.7 Å². The van der Waals surface area contributed by atoms with Crippen LogP contribution in [0.2, 0.25) is 0 Å². The smallest absolute Gasteiger partial charge is 0.326 e. The molecule has 0 saturated heterocycles. The number of hydrogen-bond acceptors (Lipinski definition) is 7. The molecule has 30 heavy (non-hydrogen) atoms. The molecule has 4 rings (SSSR count). The summed E-state index contributed by atoms with van der Waals surface area (Å²) in [6.45, 7) is 0.336. The van der Waals surface area contributed by atoms with E-state index in [-0.39, 0.29) is 12.2 Å². The van der Waals surface area contributed by atoms with Crippen LogP contribution < -0.4 is 5.32 Å². The second-order valence-electron chi connectivity index (χ2n) is 6.51. The van der Waals surface area contributed by atoms with Crippen LogP contribution in [0.15, 0.2) is 58.4 Å². The van der Waals surface area contributed by atoms with Gasteiger partial charge >= 0.3 is 5.97 Å². The molecule has 0 spiro atoms. The molecular weight excluding hydrogens is 408 g/mol. The van der Waals surface area contributed by atoms with E-state index >= 15 is 0 Å². The largest absolute Gasteiger partial charge is 0.480 e.